The molecule has 100 valence electrons. The Labute approximate surface area is 112 Å². The van der Waals surface area contributed by atoms with Gasteiger partial charge in [0.25, 0.3) is 0 Å². The van der Waals surface area contributed by atoms with Gasteiger partial charge in [-0.3, -0.25) is 4.21 Å². The van der Waals surface area contributed by atoms with Crippen molar-refractivity contribution in [2.45, 2.75) is 50.0 Å². The number of rotatable bonds is 4. The van der Waals surface area contributed by atoms with Gasteiger partial charge in [-0.1, -0.05) is 31.4 Å². The molecule has 0 aliphatic heterocycles. The molecule has 3 heteroatoms. The lowest BCUT2D eigenvalue weighted by atomic mass is 9.85. The molecular weight excluding hydrogens is 242 g/mol. The highest BCUT2D eigenvalue weighted by Crippen LogP contribution is 2.26. The Morgan fingerprint density at radius 1 is 1.33 bits per heavy atom. The minimum atomic E-state index is -0.950. The lowest BCUT2D eigenvalue weighted by Gasteiger charge is -2.27. The Bertz CT molecular complexity index is 413. The molecule has 1 fully saturated rings. The van der Waals surface area contributed by atoms with Gasteiger partial charge in [-0.2, -0.15) is 0 Å². The summed E-state index contributed by atoms with van der Waals surface area (Å²) in [5.41, 5.74) is 7.39. The second-order valence-electron chi connectivity index (χ2n) is 5.39. The van der Waals surface area contributed by atoms with Gasteiger partial charge in [-0.25, -0.2) is 0 Å². The molecule has 0 bridgehead atoms. The molecule has 2 rings (SSSR count). The molecule has 0 radical (unpaired) electrons. The summed E-state index contributed by atoms with van der Waals surface area (Å²) in [6, 6.07) is 8.03. The largest absolute Gasteiger partial charge is 0.327 e. The summed E-state index contributed by atoms with van der Waals surface area (Å²) in [6.07, 6.45) is 6.34. The van der Waals surface area contributed by atoms with Gasteiger partial charge in [0, 0.05) is 16.7 Å². The molecule has 1 aromatic rings. The maximum absolute atomic E-state index is 12.3. The molecule has 0 saturated heterocycles. The Morgan fingerprint density at radius 2 is 2.06 bits per heavy atom. The Hall–Kier alpha value is -0.670. The normalized spacial score (nSPS) is 20.6. The Morgan fingerprint density at radius 3 is 2.72 bits per heavy atom. The van der Waals surface area contributed by atoms with Crippen LogP contribution in [0.25, 0.3) is 0 Å². The fourth-order valence-electron chi connectivity index (χ4n) is 2.73. The molecule has 0 aromatic heterocycles. The minimum Gasteiger partial charge on any atom is -0.327 e. The van der Waals surface area contributed by atoms with E-state index in [1.807, 2.05) is 31.2 Å². The number of hydrogen-bond donors (Lipinski definition) is 1. The Balaban J connectivity index is 1.94. The number of nitrogens with two attached hydrogens (primary N) is 1. The van der Waals surface area contributed by atoms with Crippen LogP contribution in [0.3, 0.4) is 0 Å². The van der Waals surface area contributed by atoms with Crippen LogP contribution in [0.4, 0.5) is 0 Å². The summed E-state index contributed by atoms with van der Waals surface area (Å²) in [4.78, 5) is 0.918. The van der Waals surface area contributed by atoms with E-state index in [4.69, 9.17) is 5.73 Å². The Kier molecular flexibility index (Phi) is 4.95. The van der Waals surface area contributed by atoms with Crippen LogP contribution in [0.2, 0.25) is 0 Å². The maximum Gasteiger partial charge on any atom is 0.0545 e. The van der Waals surface area contributed by atoms with E-state index in [2.05, 4.69) is 0 Å². The highest BCUT2D eigenvalue weighted by atomic mass is 32.2. The van der Waals surface area contributed by atoms with Gasteiger partial charge < -0.3 is 5.73 Å². The molecule has 1 aliphatic rings. The van der Waals surface area contributed by atoms with Crippen molar-refractivity contribution < 1.29 is 4.21 Å². The average Bonchev–Trinajstić information content (AvgIpc) is 2.39. The second-order valence-corrected chi connectivity index (χ2v) is 6.89. The number of aryl methyl sites for hydroxylation is 1. The molecule has 1 saturated carbocycles. The van der Waals surface area contributed by atoms with E-state index in [0.717, 1.165) is 10.5 Å². The van der Waals surface area contributed by atoms with Gasteiger partial charge in [0.05, 0.1) is 10.8 Å². The minimum absolute atomic E-state index is 0.0895. The molecule has 0 spiro atoms. The predicted octanol–water partition coefficient (Wildman–Crippen LogP) is 3.01. The van der Waals surface area contributed by atoms with Crippen molar-refractivity contribution in [1.82, 2.24) is 0 Å². The molecule has 1 aliphatic carbocycles. The van der Waals surface area contributed by atoms with E-state index in [1.54, 1.807) is 0 Å². The third-order valence-electron chi connectivity index (χ3n) is 3.85. The van der Waals surface area contributed by atoms with Gasteiger partial charge >= 0.3 is 0 Å². The van der Waals surface area contributed by atoms with Crippen LogP contribution in [0.1, 0.15) is 37.7 Å². The van der Waals surface area contributed by atoms with Crippen LogP contribution >= 0.6 is 0 Å². The molecule has 0 heterocycles. The number of hydrogen-bond acceptors (Lipinski definition) is 2. The van der Waals surface area contributed by atoms with Crippen LogP contribution in [0, 0.1) is 12.8 Å². The molecule has 18 heavy (non-hydrogen) atoms. The van der Waals surface area contributed by atoms with Gasteiger partial charge in [0.2, 0.25) is 0 Å². The molecule has 0 amide bonds. The molecule has 2 atom stereocenters. The summed E-state index contributed by atoms with van der Waals surface area (Å²) in [5.74, 6) is 1.18. The summed E-state index contributed by atoms with van der Waals surface area (Å²) >= 11 is 0. The standard InChI is InChI=1S/C15H23NOS/c1-12-6-5-9-14(10-12)18(17)11-15(16)13-7-3-2-4-8-13/h5-6,9-10,13,15H,2-4,7-8,11,16H2,1H3. The van der Waals surface area contributed by atoms with E-state index >= 15 is 0 Å². The van der Waals surface area contributed by atoms with Crippen LogP contribution < -0.4 is 5.73 Å². The van der Waals surface area contributed by atoms with Crippen molar-refractivity contribution in [2.24, 2.45) is 11.7 Å². The summed E-state index contributed by atoms with van der Waals surface area (Å²) in [6.45, 7) is 2.03. The average molecular weight is 265 g/mol. The van der Waals surface area contributed by atoms with E-state index in [9.17, 15) is 4.21 Å². The summed E-state index contributed by atoms with van der Waals surface area (Å²) in [7, 11) is -0.950. The molecule has 1 aromatic carbocycles. The summed E-state index contributed by atoms with van der Waals surface area (Å²) in [5, 5.41) is 0. The van der Waals surface area contributed by atoms with E-state index in [1.165, 1.54) is 32.1 Å². The third-order valence-corrected chi connectivity index (χ3v) is 5.32. The topological polar surface area (TPSA) is 43.1 Å². The molecule has 2 N–H and O–H groups in total. The monoisotopic (exact) mass is 265 g/mol. The maximum atomic E-state index is 12.3. The van der Waals surface area contributed by atoms with Crippen LogP contribution in [-0.2, 0) is 10.8 Å². The first-order valence-electron chi connectivity index (χ1n) is 6.87. The summed E-state index contributed by atoms with van der Waals surface area (Å²) < 4.78 is 12.3. The first kappa shape index (κ1) is 13.8. The number of benzene rings is 1. The van der Waals surface area contributed by atoms with Gasteiger partial charge in [0.15, 0.2) is 0 Å². The van der Waals surface area contributed by atoms with Crippen LogP contribution in [0.15, 0.2) is 29.2 Å². The smallest absolute Gasteiger partial charge is 0.0545 e. The van der Waals surface area contributed by atoms with Crippen LogP contribution in [0.5, 0.6) is 0 Å². The van der Waals surface area contributed by atoms with Crippen molar-refractivity contribution in [3.8, 4) is 0 Å². The van der Waals surface area contributed by atoms with Crippen molar-refractivity contribution in [3.63, 3.8) is 0 Å². The lowest BCUT2D eigenvalue weighted by Crippen LogP contribution is -2.36. The zero-order valence-electron chi connectivity index (χ0n) is 11.1. The van der Waals surface area contributed by atoms with Gasteiger partial charge in [0.1, 0.15) is 0 Å². The lowest BCUT2D eigenvalue weighted by molar-refractivity contribution is 0.318. The third kappa shape index (κ3) is 3.66. The first-order chi connectivity index (χ1) is 8.66. The molecular formula is C15H23NOS. The van der Waals surface area contributed by atoms with Crippen LogP contribution in [-0.4, -0.2) is 16.0 Å². The zero-order valence-corrected chi connectivity index (χ0v) is 11.9. The zero-order chi connectivity index (χ0) is 13.0. The first-order valence-corrected chi connectivity index (χ1v) is 8.19. The SMILES string of the molecule is Cc1cccc(S(=O)CC(N)C2CCCCC2)c1. The predicted molar refractivity (Wildman–Crippen MR) is 77.0 cm³/mol. The van der Waals surface area contributed by atoms with Crippen molar-refractivity contribution in [2.75, 3.05) is 5.75 Å². The quantitative estimate of drug-likeness (QED) is 0.909. The molecule has 2 nitrogen and oxygen atoms in total. The van der Waals surface area contributed by atoms with Crippen molar-refractivity contribution in [1.29, 1.82) is 0 Å². The highest BCUT2D eigenvalue weighted by Gasteiger charge is 2.22. The van der Waals surface area contributed by atoms with Gasteiger partial charge in [-0.15, -0.1) is 0 Å². The fraction of sp³-hybridized carbons (Fsp3) is 0.600. The van der Waals surface area contributed by atoms with Crippen molar-refractivity contribution in [3.05, 3.63) is 29.8 Å². The van der Waals surface area contributed by atoms with Gasteiger partial charge in [-0.05, 0) is 43.4 Å². The second kappa shape index (κ2) is 6.48. The van der Waals surface area contributed by atoms with E-state index in [-0.39, 0.29) is 6.04 Å². The van der Waals surface area contributed by atoms with E-state index in [0.29, 0.717) is 11.7 Å². The molecule has 2 unspecified atom stereocenters. The fourth-order valence-corrected chi connectivity index (χ4v) is 4.09. The van der Waals surface area contributed by atoms with Crippen molar-refractivity contribution >= 4 is 10.8 Å². The highest BCUT2D eigenvalue weighted by molar-refractivity contribution is 7.85. The van der Waals surface area contributed by atoms with E-state index < -0.39 is 10.8 Å².